The molecule has 2 aliphatic heterocycles. The molecule has 0 aromatic heterocycles. The lowest BCUT2D eigenvalue weighted by Gasteiger charge is -2.30. The summed E-state index contributed by atoms with van der Waals surface area (Å²) in [6.45, 7) is 2.28. The third kappa shape index (κ3) is 4.31. The Labute approximate surface area is 172 Å². The number of carbonyl (C=O) groups is 1. The number of hydrogen-bond donors (Lipinski definition) is 1. The second-order valence-electron chi connectivity index (χ2n) is 7.83. The second kappa shape index (κ2) is 8.16. The zero-order valence-corrected chi connectivity index (χ0v) is 17.5. The van der Waals surface area contributed by atoms with Gasteiger partial charge in [0.25, 0.3) is 0 Å². The van der Waals surface area contributed by atoms with Crippen molar-refractivity contribution in [2.45, 2.75) is 31.7 Å². The van der Waals surface area contributed by atoms with E-state index in [-0.39, 0.29) is 11.9 Å². The van der Waals surface area contributed by atoms with Crippen LogP contribution in [0.2, 0.25) is 0 Å². The molecular weight excluding hydrogens is 386 g/mol. The molecule has 1 fully saturated rings. The molecule has 29 heavy (non-hydrogen) atoms. The van der Waals surface area contributed by atoms with Crippen LogP contribution in [0.3, 0.4) is 0 Å². The summed E-state index contributed by atoms with van der Waals surface area (Å²) in [4.78, 5) is 15.5. The molecule has 2 heterocycles. The van der Waals surface area contributed by atoms with Crippen LogP contribution in [0.4, 0.5) is 11.4 Å². The number of carbonyl (C=O) groups excluding carboxylic acids is 1. The quantitative estimate of drug-likeness (QED) is 0.817. The van der Waals surface area contributed by atoms with Crippen molar-refractivity contribution < 1.29 is 13.2 Å². The highest BCUT2D eigenvalue weighted by atomic mass is 32.2. The van der Waals surface area contributed by atoms with Crippen LogP contribution >= 0.6 is 0 Å². The number of amides is 1. The van der Waals surface area contributed by atoms with Crippen LogP contribution in [0, 0.1) is 0 Å². The molecular formula is C22H27N3O3S. The van der Waals surface area contributed by atoms with Crippen LogP contribution in [0.5, 0.6) is 0 Å². The fourth-order valence-electron chi connectivity index (χ4n) is 4.34. The largest absolute Gasteiger partial charge is 0.324 e. The smallest absolute Gasteiger partial charge is 0.246 e. The van der Waals surface area contributed by atoms with E-state index in [0.29, 0.717) is 17.9 Å². The monoisotopic (exact) mass is 413 g/mol. The first-order chi connectivity index (χ1) is 13.9. The van der Waals surface area contributed by atoms with Gasteiger partial charge in [0.2, 0.25) is 15.9 Å². The van der Waals surface area contributed by atoms with Gasteiger partial charge < -0.3 is 5.32 Å². The summed E-state index contributed by atoms with van der Waals surface area (Å²) >= 11 is 0. The summed E-state index contributed by atoms with van der Waals surface area (Å²) < 4.78 is 25.8. The van der Waals surface area contributed by atoms with Gasteiger partial charge in [-0.2, -0.15) is 0 Å². The maximum Gasteiger partial charge on any atom is 0.246 e. The van der Waals surface area contributed by atoms with Crippen molar-refractivity contribution in [3.05, 3.63) is 59.7 Å². The minimum Gasteiger partial charge on any atom is -0.324 e. The Bertz CT molecular complexity index is 986. The molecule has 1 saturated heterocycles. The number of anilines is 2. The molecule has 0 bridgehead atoms. The Morgan fingerprint density at radius 1 is 1.00 bits per heavy atom. The van der Waals surface area contributed by atoms with Crippen LogP contribution in [0.25, 0.3) is 0 Å². The average Bonchev–Trinajstić information content (AvgIpc) is 3.22. The maximum atomic E-state index is 13.3. The third-order valence-corrected chi connectivity index (χ3v) is 6.88. The molecule has 2 aromatic rings. The summed E-state index contributed by atoms with van der Waals surface area (Å²) in [6, 6.07) is 15.1. The van der Waals surface area contributed by atoms with Crippen LogP contribution < -0.4 is 9.62 Å². The van der Waals surface area contributed by atoms with E-state index >= 15 is 0 Å². The number of fused-ring (bicyclic) bond motifs is 1. The molecule has 6 nitrogen and oxygen atoms in total. The molecule has 7 heteroatoms. The highest BCUT2D eigenvalue weighted by molar-refractivity contribution is 7.92. The van der Waals surface area contributed by atoms with Gasteiger partial charge in [-0.05, 0) is 62.0 Å². The van der Waals surface area contributed by atoms with E-state index in [1.54, 1.807) is 6.07 Å². The molecule has 0 aliphatic carbocycles. The van der Waals surface area contributed by atoms with Crippen molar-refractivity contribution in [3.8, 4) is 0 Å². The van der Waals surface area contributed by atoms with Crippen molar-refractivity contribution in [2.75, 3.05) is 35.5 Å². The molecule has 0 spiro atoms. The highest BCUT2D eigenvalue weighted by Gasteiger charge is 2.30. The number of hydrogen-bond acceptors (Lipinski definition) is 4. The van der Waals surface area contributed by atoms with E-state index < -0.39 is 10.0 Å². The lowest BCUT2D eigenvalue weighted by Crippen LogP contribution is -2.36. The molecule has 1 amide bonds. The summed E-state index contributed by atoms with van der Waals surface area (Å²) in [6.07, 6.45) is 5.07. The standard InChI is InChI=1S/C22H27N3O3S/c1-29(27,28)25-15-7-10-17-11-12-19(16-20(17)25)23-22(26)21(24-13-5-6-14-24)18-8-3-2-4-9-18/h2-4,8-9,11-12,16,21H,5-7,10,13-15H2,1H3,(H,23,26). The van der Waals surface area contributed by atoms with Crippen molar-refractivity contribution in [2.24, 2.45) is 0 Å². The van der Waals surface area contributed by atoms with Crippen LogP contribution in [0.15, 0.2) is 48.5 Å². The number of nitrogens with zero attached hydrogens (tertiary/aromatic N) is 2. The Hall–Kier alpha value is -2.38. The average molecular weight is 414 g/mol. The predicted octanol–water partition coefficient (Wildman–Crippen LogP) is 3.17. The van der Waals surface area contributed by atoms with E-state index in [1.807, 2.05) is 42.5 Å². The second-order valence-corrected chi connectivity index (χ2v) is 9.73. The van der Waals surface area contributed by atoms with Crippen molar-refractivity contribution >= 4 is 27.3 Å². The van der Waals surface area contributed by atoms with Crippen LogP contribution in [0.1, 0.15) is 36.4 Å². The van der Waals surface area contributed by atoms with Gasteiger partial charge in [0.05, 0.1) is 11.9 Å². The van der Waals surface area contributed by atoms with E-state index in [2.05, 4.69) is 10.2 Å². The van der Waals surface area contributed by atoms with Gasteiger partial charge >= 0.3 is 0 Å². The van der Waals surface area contributed by atoms with Crippen LogP contribution in [-0.2, 0) is 21.2 Å². The normalized spacial score (nSPS) is 18.3. The lowest BCUT2D eigenvalue weighted by atomic mass is 10.0. The zero-order chi connectivity index (χ0) is 20.4. The molecule has 1 atom stereocenters. The van der Waals surface area contributed by atoms with Crippen molar-refractivity contribution in [3.63, 3.8) is 0 Å². The van der Waals surface area contributed by atoms with Gasteiger partial charge in [0, 0.05) is 12.2 Å². The van der Waals surface area contributed by atoms with Gasteiger partial charge in [0.15, 0.2) is 0 Å². The van der Waals surface area contributed by atoms with Gasteiger partial charge in [0.1, 0.15) is 6.04 Å². The first kappa shape index (κ1) is 19.9. The lowest BCUT2D eigenvalue weighted by molar-refractivity contribution is -0.121. The van der Waals surface area contributed by atoms with Gasteiger partial charge in [-0.1, -0.05) is 36.4 Å². The van der Waals surface area contributed by atoms with Crippen molar-refractivity contribution in [1.82, 2.24) is 4.90 Å². The summed E-state index contributed by atoms with van der Waals surface area (Å²) in [5, 5.41) is 3.04. The fourth-order valence-corrected chi connectivity index (χ4v) is 5.32. The minimum absolute atomic E-state index is 0.0836. The number of nitrogens with one attached hydrogen (secondary N) is 1. The molecule has 2 aromatic carbocycles. The summed E-state index contributed by atoms with van der Waals surface area (Å²) in [5.74, 6) is -0.0836. The molecule has 1 unspecified atom stereocenters. The number of rotatable bonds is 5. The number of likely N-dealkylation sites (tertiary alicyclic amines) is 1. The van der Waals surface area contributed by atoms with E-state index in [4.69, 9.17) is 0 Å². The third-order valence-electron chi connectivity index (χ3n) is 5.70. The number of sulfonamides is 1. The molecule has 4 rings (SSSR count). The molecule has 2 aliphatic rings. The number of benzene rings is 2. The fraction of sp³-hybridized carbons (Fsp3) is 0.409. The maximum absolute atomic E-state index is 13.3. The Morgan fingerprint density at radius 2 is 1.72 bits per heavy atom. The summed E-state index contributed by atoms with van der Waals surface area (Å²) in [7, 11) is -3.34. The van der Waals surface area contributed by atoms with Crippen molar-refractivity contribution in [1.29, 1.82) is 0 Å². The van der Waals surface area contributed by atoms with Gasteiger partial charge in [-0.3, -0.25) is 14.0 Å². The first-order valence-electron chi connectivity index (χ1n) is 10.1. The molecule has 0 saturated carbocycles. The SMILES string of the molecule is CS(=O)(=O)N1CCCc2ccc(NC(=O)C(c3ccccc3)N3CCCC3)cc21. The topological polar surface area (TPSA) is 69.7 Å². The van der Waals surface area contributed by atoms with Gasteiger partial charge in [-0.25, -0.2) is 8.42 Å². The molecule has 154 valence electrons. The predicted molar refractivity (Wildman–Crippen MR) is 116 cm³/mol. The number of aryl methyl sites for hydroxylation is 1. The minimum atomic E-state index is -3.34. The first-order valence-corrected chi connectivity index (χ1v) is 12.0. The Morgan fingerprint density at radius 3 is 2.41 bits per heavy atom. The molecule has 0 radical (unpaired) electrons. The Kier molecular flexibility index (Phi) is 5.61. The van der Waals surface area contributed by atoms with Crippen LogP contribution in [-0.4, -0.2) is 45.1 Å². The van der Waals surface area contributed by atoms with E-state index in [0.717, 1.165) is 49.9 Å². The van der Waals surface area contributed by atoms with E-state index in [1.165, 1.54) is 10.6 Å². The highest BCUT2D eigenvalue weighted by Crippen LogP contribution is 2.33. The molecule has 1 N–H and O–H groups in total. The zero-order valence-electron chi connectivity index (χ0n) is 16.7. The summed E-state index contributed by atoms with van der Waals surface area (Å²) in [5.41, 5.74) is 3.28. The van der Waals surface area contributed by atoms with E-state index in [9.17, 15) is 13.2 Å². The van der Waals surface area contributed by atoms with Gasteiger partial charge in [-0.15, -0.1) is 0 Å². The Balaban J connectivity index is 1.61.